The van der Waals surface area contributed by atoms with Crippen molar-refractivity contribution < 1.29 is 0 Å². The molecule has 5 heteroatoms. The Morgan fingerprint density at radius 3 is 2.80 bits per heavy atom. The maximum Gasteiger partial charge on any atom is 0.131 e. The minimum absolute atomic E-state index is 0.336. The molecule has 0 amide bonds. The van der Waals surface area contributed by atoms with Gasteiger partial charge in [0, 0.05) is 24.7 Å². The van der Waals surface area contributed by atoms with Gasteiger partial charge in [0.05, 0.1) is 17.6 Å². The summed E-state index contributed by atoms with van der Waals surface area (Å²) in [6.07, 6.45) is 6.40. The van der Waals surface area contributed by atoms with Crippen LogP contribution in [0.25, 0.3) is 5.69 Å². The monoisotopic (exact) mass is 271 g/mol. The van der Waals surface area contributed by atoms with E-state index in [9.17, 15) is 0 Å². The van der Waals surface area contributed by atoms with Gasteiger partial charge in [-0.05, 0) is 25.8 Å². The number of aryl methyl sites for hydroxylation is 1. The lowest BCUT2D eigenvalue weighted by atomic mass is 10.2. The largest absolute Gasteiger partial charge is 0.308 e. The van der Waals surface area contributed by atoms with Crippen LogP contribution in [0.2, 0.25) is 0 Å². The summed E-state index contributed by atoms with van der Waals surface area (Å²) < 4.78 is 1.86. The van der Waals surface area contributed by atoms with E-state index in [0.29, 0.717) is 12.0 Å². The quantitative estimate of drug-likeness (QED) is 0.907. The van der Waals surface area contributed by atoms with E-state index in [1.54, 1.807) is 0 Å². The van der Waals surface area contributed by atoms with E-state index in [1.165, 1.54) is 12.8 Å². The first-order valence-electron chi connectivity index (χ1n) is 7.25. The minimum Gasteiger partial charge on any atom is -0.308 e. The molecule has 0 aromatic carbocycles. The smallest absolute Gasteiger partial charge is 0.131 e. The van der Waals surface area contributed by atoms with Gasteiger partial charge in [0.25, 0.3) is 0 Å². The summed E-state index contributed by atoms with van der Waals surface area (Å²) in [6, 6.07) is 2.66. The highest BCUT2D eigenvalue weighted by Crippen LogP contribution is 2.21. The summed E-state index contributed by atoms with van der Waals surface area (Å²) in [5.74, 6) is 1.23. The predicted octanol–water partition coefficient (Wildman–Crippen LogP) is 2.35. The summed E-state index contributed by atoms with van der Waals surface area (Å²) in [6.45, 7) is 7.00. The molecule has 0 saturated heterocycles. The molecule has 0 bridgehead atoms. The average molecular weight is 271 g/mol. The molecule has 0 radical (unpaired) electrons. The van der Waals surface area contributed by atoms with Crippen molar-refractivity contribution in [1.29, 1.82) is 0 Å². The van der Waals surface area contributed by atoms with Gasteiger partial charge in [0.1, 0.15) is 11.5 Å². The van der Waals surface area contributed by atoms with E-state index in [0.717, 1.165) is 29.4 Å². The number of aromatic nitrogens is 4. The van der Waals surface area contributed by atoms with Crippen LogP contribution in [0, 0.1) is 6.92 Å². The van der Waals surface area contributed by atoms with Crippen molar-refractivity contribution in [2.24, 2.45) is 0 Å². The van der Waals surface area contributed by atoms with Crippen LogP contribution in [0.3, 0.4) is 0 Å². The Balaban J connectivity index is 1.93. The van der Waals surface area contributed by atoms with Gasteiger partial charge in [-0.1, -0.05) is 13.8 Å². The first kappa shape index (κ1) is 13.2. The highest BCUT2D eigenvalue weighted by Gasteiger charge is 2.21. The van der Waals surface area contributed by atoms with Gasteiger partial charge in [0.2, 0.25) is 0 Å². The van der Waals surface area contributed by atoms with Crippen LogP contribution in [0.15, 0.2) is 18.5 Å². The van der Waals surface area contributed by atoms with Crippen LogP contribution in [-0.4, -0.2) is 25.8 Å². The molecule has 1 saturated carbocycles. The lowest BCUT2D eigenvalue weighted by Gasteiger charge is -2.12. The minimum atomic E-state index is 0.336. The zero-order valence-corrected chi connectivity index (χ0v) is 12.3. The van der Waals surface area contributed by atoms with Crippen LogP contribution in [0.4, 0.5) is 0 Å². The molecule has 0 unspecified atom stereocenters. The molecule has 0 aliphatic heterocycles. The number of nitrogens with zero attached hydrogens (tertiary/aromatic N) is 4. The fourth-order valence-corrected chi connectivity index (χ4v) is 2.10. The molecule has 1 aliphatic carbocycles. The summed E-state index contributed by atoms with van der Waals surface area (Å²) in [5, 5.41) is 7.99. The molecule has 3 rings (SSSR count). The highest BCUT2D eigenvalue weighted by atomic mass is 15.3. The van der Waals surface area contributed by atoms with Crippen LogP contribution in [-0.2, 0) is 6.54 Å². The summed E-state index contributed by atoms with van der Waals surface area (Å²) in [7, 11) is 0. The van der Waals surface area contributed by atoms with Gasteiger partial charge < -0.3 is 5.32 Å². The van der Waals surface area contributed by atoms with Gasteiger partial charge in [-0.2, -0.15) is 5.10 Å². The van der Waals surface area contributed by atoms with Gasteiger partial charge in [-0.15, -0.1) is 0 Å². The molecule has 2 aromatic rings. The van der Waals surface area contributed by atoms with Crippen molar-refractivity contribution >= 4 is 0 Å². The predicted molar refractivity (Wildman–Crippen MR) is 77.8 cm³/mol. The second kappa shape index (κ2) is 5.32. The normalized spacial score (nSPS) is 15.0. The molecule has 1 N–H and O–H groups in total. The first-order valence-corrected chi connectivity index (χ1v) is 7.25. The van der Waals surface area contributed by atoms with E-state index in [2.05, 4.69) is 29.2 Å². The number of hydrogen-bond acceptors (Lipinski definition) is 4. The van der Waals surface area contributed by atoms with Crippen molar-refractivity contribution in [1.82, 2.24) is 25.1 Å². The molecule has 2 aromatic heterocycles. The van der Waals surface area contributed by atoms with Crippen molar-refractivity contribution in [2.75, 3.05) is 0 Å². The Morgan fingerprint density at radius 1 is 1.40 bits per heavy atom. The van der Waals surface area contributed by atoms with Crippen LogP contribution in [0.1, 0.15) is 49.8 Å². The lowest BCUT2D eigenvalue weighted by molar-refractivity contribution is 0.649. The van der Waals surface area contributed by atoms with Gasteiger partial charge in [-0.25, -0.2) is 14.6 Å². The van der Waals surface area contributed by atoms with Crippen LogP contribution in [0.5, 0.6) is 0 Å². The van der Waals surface area contributed by atoms with E-state index in [1.807, 2.05) is 30.1 Å². The molecule has 5 nitrogen and oxygen atoms in total. The third-order valence-corrected chi connectivity index (χ3v) is 3.49. The molecule has 2 heterocycles. The lowest BCUT2D eigenvalue weighted by Crippen LogP contribution is -2.19. The van der Waals surface area contributed by atoms with Gasteiger partial charge in [0.15, 0.2) is 0 Å². The molecule has 1 aliphatic rings. The molecule has 20 heavy (non-hydrogen) atoms. The Morgan fingerprint density at radius 2 is 2.20 bits per heavy atom. The van der Waals surface area contributed by atoms with Crippen molar-refractivity contribution in [2.45, 2.75) is 52.1 Å². The van der Waals surface area contributed by atoms with Gasteiger partial charge in [-0.3, -0.25) is 0 Å². The number of rotatable bonds is 5. The standard InChI is InChI=1S/C15H21N5/c1-10(2)15-17-9-14(20-7-6-11(3)19-20)13(18-15)8-16-12-4-5-12/h6-7,9-10,12,16H,4-5,8H2,1-3H3. The fourth-order valence-electron chi connectivity index (χ4n) is 2.10. The second-order valence-corrected chi connectivity index (χ2v) is 5.77. The second-order valence-electron chi connectivity index (χ2n) is 5.77. The third kappa shape index (κ3) is 2.88. The van der Waals surface area contributed by atoms with E-state index in [-0.39, 0.29) is 0 Å². The topological polar surface area (TPSA) is 55.6 Å². The fraction of sp³-hybridized carbons (Fsp3) is 0.533. The van der Waals surface area contributed by atoms with Crippen molar-refractivity contribution in [3.63, 3.8) is 0 Å². The molecule has 0 atom stereocenters. The summed E-state index contributed by atoms with van der Waals surface area (Å²) in [5.41, 5.74) is 2.99. The molecule has 1 fully saturated rings. The molecule has 0 spiro atoms. The Bertz CT molecular complexity index is 598. The SMILES string of the molecule is Cc1ccn(-c2cnc(C(C)C)nc2CNC2CC2)n1. The highest BCUT2D eigenvalue weighted by molar-refractivity contribution is 5.34. The zero-order chi connectivity index (χ0) is 14.1. The van der Waals surface area contributed by atoms with E-state index in [4.69, 9.17) is 4.98 Å². The number of hydrogen-bond donors (Lipinski definition) is 1. The van der Waals surface area contributed by atoms with E-state index < -0.39 is 0 Å². The van der Waals surface area contributed by atoms with Crippen LogP contribution < -0.4 is 5.32 Å². The molecular formula is C15H21N5. The Labute approximate surface area is 119 Å². The van der Waals surface area contributed by atoms with Crippen molar-refractivity contribution in [3.8, 4) is 5.69 Å². The first-order chi connectivity index (χ1) is 9.63. The summed E-state index contributed by atoms with van der Waals surface area (Å²) >= 11 is 0. The van der Waals surface area contributed by atoms with Crippen molar-refractivity contribution in [3.05, 3.63) is 35.7 Å². The average Bonchev–Trinajstić information content (AvgIpc) is 3.17. The van der Waals surface area contributed by atoms with Gasteiger partial charge >= 0.3 is 0 Å². The maximum atomic E-state index is 4.72. The zero-order valence-electron chi connectivity index (χ0n) is 12.3. The molecular weight excluding hydrogens is 250 g/mol. The third-order valence-electron chi connectivity index (χ3n) is 3.49. The maximum absolute atomic E-state index is 4.72. The van der Waals surface area contributed by atoms with E-state index >= 15 is 0 Å². The van der Waals surface area contributed by atoms with Crippen LogP contribution >= 0.6 is 0 Å². The Kier molecular flexibility index (Phi) is 3.53. The summed E-state index contributed by atoms with van der Waals surface area (Å²) in [4.78, 5) is 9.19. The molecule has 106 valence electrons. The Hall–Kier alpha value is -1.75. The number of nitrogens with one attached hydrogen (secondary N) is 1.